The number of aliphatic carboxylic acids is 1. The molecule has 114 valence electrons. The number of likely N-dealkylation sites (tertiary alicyclic amines) is 1. The van der Waals surface area contributed by atoms with E-state index in [1.807, 2.05) is 18.7 Å². The van der Waals surface area contributed by atoms with Crippen molar-refractivity contribution in [2.75, 3.05) is 32.7 Å². The molecule has 2 aliphatic heterocycles. The molecule has 2 N–H and O–H groups in total. The molecule has 0 saturated carbocycles. The van der Waals surface area contributed by atoms with Gasteiger partial charge in [-0.15, -0.1) is 0 Å². The Kier molecular flexibility index (Phi) is 4.86. The maximum atomic E-state index is 12.6. The lowest BCUT2D eigenvalue weighted by atomic mass is 9.99. The van der Waals surface area contributed by atoms with Gasteiger partial charge in [0, 0.05) is 25.7 Å². The Labute approximate surface area is 120 Å². The van der Waals surface area contributed by atoms with Gasteiger partial charge in [0.05, 0.1) is 5.92 Å². The molecule has 6 nitrogen and oxygen atoms in total. The van der Waals surface area contributed by atoms with Crippen molar-refractivity contribution < 1.29 is 14.7 Å². The molecule has 0 aromatic rings. The molecule has 0 aliphatic carbocycles. The number of amides is 2. The van der Waals surface area contributed by atoms with Gasteiger partial charge in [-0.2, -0.15) is 0 Å². The molecular weight excluding hydrogens is 258 g/mol. The Morgan fingerprint density at radius 3 is 2.45 bits per heavy atom. The predicted molar refractivity (Wildman–Crippen MR) is 75.5 cm³/mol. The zero-order chi connectivity index (χ0) is 14.7. The first-order valence-corrected chi connectivity index (χ1v) is 7.53. The van der Waals surface area contributed by atoms with Crippen LogP contribution in [0.2, 0.25) is 0 Å². The summed E-state index contributed by atoms with van der Waals surface area (Å²) in [5.41, 5.74) is 0. The van der Waals surface area contributed by atoms with Gasteiger partial charge in [0.2, 0.25) is 0 Å². The third-order valence-corrected chi connectivity index (χ3v) is 4.54. The van der Waals surface area contributed by atoms with Crippen LogP contribution in [0.4, 0.5) is 4.79 Å². The lowest BCUT2D eigenvalue weighted by Gasteiger charge is -2.36. The second kappa shape index (κ2) is 6.43. The maximum Gasteiger partial charge on any atom is 0.320 e. The van der Waals surface area contributed by atoms with E-state index >= 15 is 0 Å². The van der Waals surface area contributed by atoms with Crippen LogP contribution in [0.15, 0.2) is 0 Å². The largest absolute Gasteiger partial charge is 0.481 e. The summed E-state index contributed by atoms with van der Waals surface area (Å²) in [5, 5.41) is 12.5. The number of carbonyl (C=O) groups is 2. The highest BCUT2D eigenvalue weighted by molar-refractivity contribution is 5.78. The number of nitrogens with zero attached hydrogens (tertiary/aromatic N) is 2. The summed E-state index contributed by atoms with van der Waals surface area (Å²) in [5.74, 6) is -1.19. The first kappa shape index (κ1) is 15.1. The average Bonchev–Trinajstić information content (AvgIpc) is 2.83. The minimum absolute atomic E-state index is 0.00926. The van der Waals surface area contributed by atoms with Gasteiger partial charge in [-0.1, -0.05) is 6.92 Å². The van der Waals surface area contributed by atoms with Crippen LogP contribution in [0.3, 0.4) is 0 Å². The Hall–Kier alpha value is -1.30. The van der Waals surface area contributed by atoms with E-state index in [0.29, 0.717) is 19.6 Å². The van der Waals surface area contributed by atoms with Gasteiger partial charge < -0.3 is 20.2 Å². The molecule has 2 rings (SSSR count). The summed E-state index contributed by atoms with van der Waals surface area (Å²) >= 11 is 0. The van der Waals surface area contributed by atoms with Gasteiger partial charge in [0.15, 0.2) is 0 Å². The van der Waals surface area contributed by atoms with E-state index < -0.39 is 11.9 Å². The van der Waals surface area contributed by atoms with Gasteiger partial charge >= 0.3 is 12.0 Å². The maximum absolute atomic E-state index is 12.6. The van der Waals surface area contributed by atoms with Crippen molar-refractivity contribution in [3.05, 3.63) is 0 Å². The van der Waals surface area contributed by atoms with Crippen LogP contribution in [0, 0.1) is 11.8 Å². The van der Waals surface area contributed by atoms with Gasteiger partial charge in [-0.05, 0) is 38.8 Å². The van der Waals surface area contributed by atoms with Crippen LogP contribution in [-0.2, 0) is 4.79 Å². The molecule has 2 aliphatic rings. The summed E-state index contributed by atoms with van der Waals surface area (Å²) in [6.07, 6.45) is 1.96. The van der Waals surface area contributed by atoms with Crippen molar-refractivity contribution in [3.63, 3.8) is 0 Å². The summed E-state index contributed by atoms with van der Waals surface area (Å²) < 4.78 is 0. The number of carboxylic acids is 1. The fraction of sp³-hybridized carbons (Fsp3) is 0.857. The molecule has 0 radical (unpaired) electrons. The van der Waals surface area contributed by atoms with Crippen molar-refractivity contribution >= 4 is 12.0 Å². The Morgan fingerprint density at radius 2 is 1.95 bits per heavy atom. The molecule has 0 aromatic carbocycles. The molecule has 2 unspecified atom stereocenters. The minimum Gasteiger partial charge on any atom is -0.481 e. The number of carbonyl (C=O) groups excluding carboxylic acids is 1. The highest BCUT2D eigenvalue weighted by Crippen LogP contribution is 2.25. The number of nitrogens with one attached hydrogen (secondary N) is 1. The lowest BCUT2D eigenvalue weighted by Crippen LogP contribution is -2.50. The second-order valence-corrected chi connectivity index (χ2v) is 5.88. The summed E-state index contributed by atoms with van der Waals surface area (Å²) in [6, 6.07) is 0.294. The van der Waals surface area contributed by atoms with Crippen molar-refractivity contribution in [1.82, 2.24) is 15.1 Å². The van der Waals surface area contributed by atoms with Crippen molar-refractivity contribution in [3.8, 4) is 0 Å². The van der Waals surface area contributed by atoms with E-state index in [-0.39, 0.29) is 18.0 Å². The molecule has 2 fully saturated rings. The van der Waals surface area contributed by atoms with Crippen molar-refractivity contribution in [1.29, 1.82) is 0 Å². The number of urea groups is 1. The third kappa shape index (κ3) is 3.06. The average molecular weight is 283 g/mol. The SMILES string of the molecule is CCN(C(=O)N1CC(C)C(C(=O)O)C1)C1CCNCC1. The van der Waals surface area contributed by atoms with E-state index in [9.17, 15) is 9.59 Å². The summed E-state index contributed by atoms with van der Waals surface area (Å²) in [7, 11) is 0. The van der Waals surface area contributed by atoms with E-state index in [2.05, 4.69) is 5.32 Å². The number of hydrogen-bond donors (Lipinski definition) is 2. The summed E-state index contributed by atoms with van der Waals surface area (Å²) in [6.45, 7) is 7.38. The molecule has 0 bridgehead atoms. The molecule has 2 atom stereocenters. The topological polar surface area (TPSA) is 72.9 Å². The number of piperidine rings is 1. The zero-order valence-corrected chi connectivity index (χ0v) is 12.3. The van der Waals surface area contributed by atoms with Crippen LogP contribution in [0.1, 0.15) is 26.7 Å². The van der Waals surface area contributed by atoms with Gasteiger partial charge in [-0.3, -0.25) is 4.79 Å². The van der Waals surface area contributed by atoms with Gasteiger partial charge in [-0.25, -0.2) is 4.79 Å². The molecule has 6 heteroatoms. The normalized spacial score (nSPS) is 27.6. The molecule has 0 aromatic heterocycles. The number of carboxylic acid groups (broad SMARTS) is 1. The lowest BCUT2D eigenvalue weighted by molar-refractivity contribution is -0.142. The van der Waals surface area contributed by atoms with Crippen molar-refractivity contribution in [2.24, 2.45) is 11.8 Å². The zero-order valence-electron chi connectivity index (χ0n) is 12.3. The van der Waals surface area contributed by atoms with Gasteiger partial charge in [0.25, 0.3) is 0 Å². The second-order valence-electron chi connectivity index (χ2n) is 5.88. The highest BCUT2D eigenvalue weighted by atomic mass is 16.4. The number of rotatable bonds is 3. The van der Waals surface area contributed by atoms with Gasteiger partial charge in [0.1, 0.15) is 0 Å². The van der Waals surface area contributed by atoms with E-state index in [1.165, 1.54) is 0 Å². The van der Waals surface area contributed by atoms with Crippen LogP contribution in [0.25, 0.3) is 0 Å². The highest BCUT2D eigenvalue weighted by Gasteiger charge is 2.39. The standard InChI is InChI=1S/C14H25N3O3/c1-3-17(11-4-6-15-7-5-11)14(20)16-8-10(2)12(9-16)13(18)19/h10-12,15H,3-9H2,1-2H3,(H,18,19). The molecule has 2 amide bonds. The first-order chi connectivity index (χ1) is 9.54. The fourth-order valence-electron chi connectivity index (χ4n) is 3.29. The van der Waals surface area contributed by atoms with E-state index in [0.717, 1.165) is 25.9 Å². The predicted octanol–water partition coefficient (Wildman–Crippen LogP) is 0.833. The monoisotopic (exact) mass is 283 g/mol. The molecule has 0 spiro atoms. The molecular formula is C14H25N3O3. The Morgan fingerprint density at radius 1 is 1.30 bits per heavy atom. The van der Waals surface area contributed by atoms with Crippen molar-refractivity contribution in [2.45, 2.75) is 32.7 Å². The minimum atomic E-state index is -0.794. The van der Waals surface area contributed by atoms with Crippen LogP contribution < -0.4 is 5.32 Å². The molecule has 2 heterocycles. The summed E-state index contributed by atoms with van der Waals surface area (Å²) in [4.78, 5) is 27.4. The smallest absolute Gasteiger partial charge is 0.320 e. The molecule has 2 saturated heterocycles. The van der Waals surface area contributed by atoms with Crippen LogP contribution in [-0.4, -0.2) is 65.7 Å². The van der Waals surface area contributed by atoms with E-state index in [4.69, 9.17) is 5.11 Å². The Bertz CT molecular complexity index is 369. The Balaban J connectivity index is 2.00. The third-order valence-electron chi connectivity index (χ3n) is 4.54. The quantitative estimate of drug-likeness (QED) is 0.805. The fourth-order valence-corrected chi connectivity index (χ4v) is 3.29. The molecule has 20 heavy (non-hydrogen) atoms. The van der Waals surface area contributed by atoms with Crippen LogP contribution in [0.5, 0.6) is 0 Å². The number of hydrogen-bond acceptors (Lipinski definition) is 3. The first-order valence-electron chi connectivity index (χ1n) is 7.53. The van der Waals surface area contributed by atoms with E-state index in [1.54, 1.807) is 4.90 Å². The van der Waals surface area contributed by atoms with Crippen LogP contribution >= 0.6 is 0 Å².